The molecule has 132 valence electrons. The predicted molar refractivity (Wildman–Crippen MR) is 97.1 cm³/mol. The third-order valence-electron chi connectivity index (χ3n) is 5.95. The molecule has 1 unspecified atom stereocenters. The van der Waals surface area contributed by atoms with Gasteiger partial charge in [-0.3, -0.25) is 9.69 Å². The summed E-state index contributed by atoms with van der Waals surface area (Å²) in [7, 11) is 0. The van der Waals surface area contributed by atoms with Gasteiger partial charge in [0.25, 0.3) is 0 Å². The van der Waals surface area contributed by atoms with E-state index < -0.39 is 0 Å². The monoisotopic (exact) mass is 347 g/mol. The number of amides is 1. The van der Waals surface area contributed by atoms with E-state index in [0.29, 0.717) is 11.8 Å². The molecular formula is C19H29N3OS. The zero-order chi connectivity index (χ0) is 16.7. The standard InChI is InChI=1S/C19H29N3OS/c1-14(2)16-12-24-17(20-16)11-21-9-7-19(13-21)6-3-8-22(18(19)23)10-15-4-5-15/h12,14-15H,3-11,13H2,1-2H3. The van der Waals surface area contributed by atoms with E-state index in [1.165, 1.54) is 30.0 Å². The zero-order valence-corrected chi connectivity index (χ0v) is 15.8. The third kappa shape index (κ3) is 3.25. The molecule has 0 aromatic carbocycles. The van der Waals surface area contributed by atoms with Crippen molar-refractivity contribution in [2.45, 2.75) is 58.4 Å². The number of carbonyl (C=O) groups excluding carboxylic acids is 1. The number of likely N-dealkylation sites (tertiary alicyclic amines) is 2. The minimum absolute atomic E-state index is 0.0920. The normalized spacial score (nSPS) is 28.5. The molecule has 1 amide bonds. The number of hydrogen-bond acceptors (Lipinski definition) is 4. The van der Waals surface area contributed by atoms with Crippen molar-refractivity contribution in [3.8, 4) is 0 Å². The second-order valence-corrected chi connectivity index (χ2v) is 9.30. The Morgan fingerprint density at radius 1 is 1.33 bits per heavy atom. The Kier molecular flexibility index (Phi) is 4.42. The highest BCUT2D eigenvalue weighted by Crippen LogP contribution is 2.42. The van der Waals surface area contributed by atoms with Crippen LogP contribution in [0.4, 0.5) is 0 Å². The summed E-state index contributed by atoms with van der Waals surface area (Å²) in [5.41, 5.74) is 1.11. The summed E-state index contributed by atoms with van der Waals surface area (Å²) in [5, 5.41) is 3.39. The van der Waals surface area contributed by atoms with Gasteiger partial charge in [0.05, 0.1) is 17.7 Å². The van der Waals surface area contributed by atoms with E-state index in [4.69, 9.17) is 4.98 Å². The average molecular weight is 348 g/mol. The highest BCUT2D eigenvalue weighted by molar-refractivity contribution is 7.09. The molecule has 2 saturated heterocycles. The Balaban J connectivity index is 1.39. The van der Waals surface area contributed by atoms with Gasteiger partial charge in [0.15, 0.2) is 0 Å². The Labute approximate surface area is 149 Å². The number of piperidine rings is 1. The predicted octanol–water partition coefficient (Wildman–Crippen LogP) is 3.49. The van der Waals surface area contributed by atoms with E-state index in [9.17, 15) is 4.79 Å². The maximum atomic E-state index is 13.1. The van der Waals surface area contributed by atoms with Crippen molar-refractivity contribution in [1.29, 1.82) is 0 Å². The fourth-order valence-electron chi connectivity index (χ4n) is 4.26. The molecule has 0 N–H and O–H groups in total. The summed E-state index contributed by atoms with van der Waals surface area (Å²) >= 11 is 1.77. The molecule has 1 aromatic rings. The number of aromatic nitrogens is 1. The number of carbonyl (C=O) groups is 1. The molecule has 24 heavy (non-hydrogen) atoms. The van der Waals surface area contributed by atoms with Crippen LogP contribution in [-0.4, -0.2) is 46.9 Å². The molecule has 1 spiro atoms. The van der Waals surface area contributed by atoms with Crippen LogP contribution in [0.5, 0.6) is 0 Å². The molecule has 1 atom stereocenters. The first kappa shape index (κ1) is 16.5. The summed E-state index contributed by atoms with van der Waals surface area (Å²) in [6.45, 7) is 9.28. The lowest BCUT2D eigenvalue weighted by Gasteiger charge is -2.39. The molecule has 4 rings (SSSR count). The van der Waals surface area contributed by atoms with Gasteiger partial charge in [0.1, 0.15) is 5.01 Å². The third-order valence-corrected chi connectivity index (χ3v) is 6.80. The first-order valence-electron chi connectivity index (χ1n) is 9.52. The van der Waals surface area contributed by atoms with E-state index in [0.717, 1.165) is 51.5 Å². The molecule has 5 heteroatoms. The van der Waals surface area contributed by atoms with Crippen molar-refractivity contribution in [3.05, 3.63) is 16.1 Å². The topological polar surface area (TPSA) is 36.4 Å². The molecule has 0 radical (unpaired) electrons. The summed E-state index contributed by atoms with van der Waals surface area (Å²) in [5.74, 6) is 1.74. The zero-order valence-electron chi connectivity index (χ0n) is 15.0. The van der Waals surface area contributed by atoms with Gasteiger partial charge in [-0.2, -0.15) is 0 Å². The molecule has 1 saturated carbocycles. The van der Waals surface area contributed by atoms with E-state index in [2.05, 4.69) is 29.0 Å². The smallest absolute Gasteiger partial charge is 0.230 e. The lowest BCUT2D eigenvalue weighted by molar-refractivity contribution is -0.145. The first-order chi connectivity index (χ1) is 11.6. The SMILES string of the molecule is CC(C)c1csc(CN2CCC3(CCCN(CC4CC4)C3=O)C2)n1. The Morgan fingerprint density at radius 3 is 2.88 bits per heavy atom. The molecule has 0 bridgehead atoms. The fraction of sp³-hybridized carbons (Fsp3) is 0.789. The van der Waals surface area contributed by atoms with Crippen molar-refractivity contribution >= 4 is 17.2 Å². The van der Waals surface area contributed by atoms with Crippen molar-refractivity contribution < 1.29 is 4.79 Å². The minimum Gasteiger partial charge on any atom is -0.342 e. The van der Waals surface area contributed by atoms with Crippen LogP contribution in [0.15, 0.2) is 5.38 Å². The second kappa shape index (κ2) is 6.41. The van der Waals surface area contributed by atoms with Gasteiger partial charge in [-0.1, -0.05) is 13.8 Å². The highest BCUT2D eigenvalue weighted by atomic mass is 32.1. The second-order valence-electron chi connectivity index (χ2n) is 8.36. The number of rotatable bonds is 5. The highest BCUT2D eigenvalue weighted by Gasteiger charge is 2.48. The summed E-state index contributed by atoms with van der Waals surface area (Å²) in [6.07, 6.45) is 5.95. The van der Waals surface area contributed by atoms with E-state index in [1.54, 1.807) is 11.3 Å². The van der Waals surface area contributed by atoms with Gasteiger partial charge in [0.2, 0.25) is 5.91 Å². The number of hydrogen-bond donors (Lipinski definition) is 0. The van der Waals surface area contributed by atoms with Crippen LogP contribution >= 0.6 is 11.3 Å². The molecule has 4 nitrogen and oxygen atoms in total. The van der Waals surface area contributed by atoms with Crippen LogP contribution in [0.3, 0.4) is 0 Å². The Morgan fingerprint density at radius 2 is 2.17 bits per heavy atom. The van der Waals surface area contributed by atoms with Gasteiger partial charge in [-0.25, -0.2) is 4.98 Å². The van der Waals surface area contributed by atoms with E-state index in [1.807, 2.05) is 0 Å². The maximum absolute atomic E-state index is 13.1. The lowest BCUT2D eigenvalue weighted by Crippen LogP contribution is -2.50. The molecule has 2 aliphatic heterocycles. The van der Waals surface area contributed by atoms with Crippen LogP contribution < -0.4 is 0 Å². The molecule has 1 aliphatic carbocycles. The van der Waals surface area contributed by atoms with Crippen LogP contribution in [-0.2, 0) is 11.3 Å². The molecule has 1 aromatic heterocycles. The summed E-state index contributed by atoms with van der Waals surface area (Å²) in [6, 6.07) is 0. The van der Waals surface area contributed by atoms with Crippen molar-refractivity contribution in [2.24, 2.45) is 11.3 Å². The van der Waals surface area contributed by atoms with Crippen LogP contribution in [0.1, 0.15) is 62.6 Å². The van der Waals surface area contributed by atoms with Crippen molar-refractivity contribution in [3.63, 3.8) is 0 Å². The van der Waals surface area contributed by atoms with Crippen LogP contribution in [0.2, 0.25) is 0 Å². The van der Waals surface area contributed by atoms with Crippen LogP contribution in [0, 0.1) is 11.3 Å². The van der Waals surface area contributed by atoms with Gasteiger partial charge < -0.3 is 4.90 Å². The van der Waals surface area contributed by atoms with Gasteiger partial charge in [0, 0.05) is 25.0 Å². The lowest BCUT2D eigenvalue weighted by atomic mass is 9.78. The quantitative estimate of drug-likeness (QED) is 0.818. The minimum atomic E-state index is -0.0920. The van der Waals surface area contributed by atoms with Gasteiger partial charge >= 0.3 is 0 Å². The van der Waals surface area contributed by atoms with E-state index >= 15 is 0 Å². The van der Waals surface area contributed by atoms with Gasteiger partial charge in [-0.15, -0.1) is 11.3 Å². The summed E-state index contributed by atoms with van der Waals surface area (Å²) < 4.78 is 0. The molecule has 3 aliphatic rings. The molecule has 3 fully saturated rings. The van der Waals surface area contributed by atoms with E-state index in [-0.39, 0.29) is 5.41 Å². The maximum Gasteiger partial charge on any atom is 0.230 e. The Hall–Kier alpha value is -0.940. The molecule has 3 heterocycles. The van der Waals surface area contributed by atoms with Gasteiger partial charge in [-0.05, 0) is 50.5 Å². The van der Waals surface area contributed by atoms with Crippen LogP contribution in [0.25, 0.3) is 0 Å². The molecular weight excluding hydrogens is 318 g/mol. The fourth-order valence-corrected chi connectivity index (χ4v) is 5.26. The number of thiazole rings is 1. The number of nitrogens with zero attached hydrogens (tertiary/aromatic N) is 3. The van der Waals surface area contributed by atoms with Crippen molar-refractivity contribution in [2.75, 3.05) is 26.2 Å². The Bertz CT molecular complexity index is 610. The summed E-state index contributed by atoms with van der Waals surface area (Å²) in [4.78, 5) is 22.5. The largest absolute Gasteiger partial charge is 0.342 e. The van der Waals surface area contributed by atoms with Crippen molar-refractivity contribution in [1.82, 2.24) is 14.8 Å². The first-order valence-corrected chi connectivity index (χ1v) is 10.4. The average Bonchev–Trinajstić information content (AvgIpc) is 3.08.